The maximum absolute atomic E-state index is 11.3. The first-order valence-electron chi connectivity index (χ1n) is 11.0. The Bertz CT molecular complexity index is 1240. The molecule has 1 fully saturated rings. The minimum Gasteiger partial charge on any atom is -0.384 e. The molecule has 172 valence electrons. The van der Waals surface area contributed by atoms with Gasteiger partial charge in [-0.05, 0) is 60.5 Å². The summed E-state index contributed by atoms with van der Waals surface area (Å²) >= 11 is 12.7. The topological polar surface area (TPSA) is 74.3 Å². The minimum absolute atomic E-state index is 0.0202. The lowest BCUT2D eigenvalue weighted by molar-refractivity contribution is 0.0103. The number of aliphatic hydroxyl groups is 1. The van der Waals surface area contributed by atoms with E-state index in [1.165, 1.54) is 0 Å². The van der Waals surface area contributed by atoms with Crippen LogP contribution in [0.4, 0.5) is 5.69 Å². The molecular weight excluding hydrogens is 467 g/mol. The van der Waals surface area contributed by atoms with Gasteiger partial charge in [0.1, 0.15) is 0 Å². The van der Waals surface area contributed by atoms with Gasteiger partial charge >= 0.3 is 0 Å². The van der Waals surface area contributed by atoms with Gasteiger partial charge < -0.3 is 10.0 Å². The van der Waals surface area contributed by atoms with Gasteiger partial charge in [-0.1, -0.05) is 47.5 Å². The summed E-state index contributed by atoms with van der Waals surface area (Å²) in [6.07, 6.45) is 0. The molecule has 7 heteroatoms. The van der Waals surface area contributed by atoms with E-state index < -0.39 is 5.60 Å². The predicted molar refractivity (Wildman–Crippen MR) is 135 cm³/mol. The third-order valence-corrected chi connectivity index (χ3v) is 6.83. The van der Waals surface area contributed by atoms with Crippen LogP contribution in [-0.2, 0) is 5.60 Å². The van der Waals surface area contributed by atoms with E-state index >= 15 is 0 Å². The zero-order chi connectivity index (χ0) is 24.3. The molecule has 1 saturated heterocycles. The van der Waals surface area contributed by atoms with E-state index in [4.69, 9.17) is 28.5 Å². The Morgan fingerprint density at radius 3 is 2.21 bits per heavy atom. The van der Waals surface area contributed by atoms with Crippen LogP contribution in [0, 0.1) is 22.7 Å². The molecule has 3 aromatic rings. The van der Waals surface area contributed by atoms with Crippen molar-refractivity contribution in [3.8, 4) is 12.1 Å². The van der Waals surface area contributed by atoms with Crippen LogP contribution in [0.15, 0.2) is 66.7 Å². The highest BCUT2D eigenvalue weighted by Gasteiger charge is 2.34. The highest BCUT2D eigenvalue weighted by atomic mass is 35.5. The highest BCUT2D eigenvalue weighted by Crippen LogP contribution is 2.37. The van der Waals surface area contributed by atoms with E-state index in [1.54, 1.807) is 31.2 Å². The zero-order valence-corrected chi connectivity index (χ0v) is 20.3. The van der Waals surface area contributed by atoms with Gasteiger partial charge in [0, 0.05) is 31.2 Å². The molecule has 0 aliphatic carbocycles. The molecule has 0 radical (unpaired) electrons. The van der Waals surface area contributed by atoms with Crippen molar-refractivity contribution in [3.05, 3.63) is 99.0 Å². The second kappa shape index (κ2) is 10.1. The lowest BCUT2D eigenvalue weighted by Crippen LogP contribution is -2.52. The SMILES string of the molecule is C[C@](O)(CN1CCN(c2ccc(C#N)cc2Cl)[C@H](c2ccc(Cl)cc2)C1)c1ccc(C#N)cc1. The third-order valence-electron chi connectivity index (χ3n) is 6.27. The molecule has 0 amide bonds. The molecule has 0 aromatic heterocycles. The van der Waals surface area contributed by atoms with Crippen LogP contribution in [0.25, 0.3) is 0 Å². The molecule has 1 aliphatic heterocycles. The van der Waals surface area contributed by atoms with Crippen LogP contribution in [0.3, 0.4) is 0 Å². The number of benzene rings is 3. The summed E-state index contributed by atoms with van der Waals surface area (Å²) in [4.78, 5) is 4.49. The van der Waals surface area contributed by atoms with Crippen LogP contribution in [-0.4, -0.2) is 36.2 Å². The molecule has 1 heterocycles. The monoisotopic (exact) mass is 490 g/mol. The Kier molecular flexibility index (Phi) is 7.12. The second-order valence-electron chi connectivity index (χ2n) is 8.74. The molecular formula is C27H24Cl2N4O. The van der Waals surface area contributed by atoms with E-state index in [9.17, 15) is 10.4 Å². The maximum Gasteiger partial charge on any atom is 0.0994 e. The molecule has 2 atom stereocenters. The summed E-state index contributed by atoms with van der Waals surface area (Å²) in [5.74, 6) is 0. The maximum atomic E-state index is 11.3. The smallest absolute Gasteiger partial charge is 0.0994 e. The van der Waals surface area contributed by atoms with E-state index in [0.29, 0.717) is 40.8 Å². The van der Waals surface area contributed by atoms with Crippen molar-refractivity contribution in [2.45, 2.75) is 18.6 Å². The van der Waals surface area contributed by atoms with Crippen molar-refractivity contribution < 1.29 is 5.11 Å². The van der Waals surface area contributed by atoms with Crippen LogP contribution >= 0.6 is 23.2 Å². The standard InChI is InChI=1S/C27H24Cl2N4O/c1-27(34,22-7-2-19(15-30)3-8-22)18-32-12-13-33(25-11-4-20(16-31)14-24(25)29)26(17-32)21-5-9-23(28)10-6-21/h2-11,14,26,34H,12-13,17-18H2,1H3/t26-,27-/m0/s1. The fraction of sp³-hybridized carbons (Fsp3) is 0.259. The van der Waals surface area contributed by atoms with Crippen molar-refractivity contribution in [2.24, 2.45) is 0 Å². The van der Waals surface area contributed by atoms with Crippen LogP contribution < -0.4 is 4.90 Å². The molecule has 0 saturated carbocycles. The zero-order valence-electron chi connectivity index (χ0n) is 18.7. The summed E-state index contributed by atoms with van der Waals surface area (Å²) in [5.41, 5.74) is 2.75. The summed E-state index contributed by atoms with van der Waals surface area (Å²) in [6, 6.07) is 24.4. The number of anilines is 1. The number of nitrogens with zero attached hydrogens (tertiary/aromatic N) is 4. The Labute approximate surface area is 210 Å². The first kappa shape index (κ1) is 24.1. The molecule has 1 N–H and O–H groups in total. The first-order chi connectivity index (χ1) is 16.3. The molecule has 4 rings (SSSR count). The summed E-state index contributed by atoms with van der Waals surface area (Å²) < 4.78 is 0. The van der Waals surface area contributed by atoms with E-state index in [0.717, 1.165) is 23.4 Å². The summed E-state index contributed by atoms with van der Waals surface area (Å²) in [5, 5.41) is 30.7. The molecule has 34 heavy (non-hydrogen) atoms. The highest BCUT2D eigenvalue weighted by molar-refractivity contribution is 6.33. The molecule has 3 aromatic carbocycles. The van der Waals surface area contributed by atoms with Gasteiger partial charge in [0.05, 0.1) is 45.6 Å². The molecule has 0 spiro atoms. The van der Waals surface area contributed by atoms with Gasteiger partial charge in [0.15, 0.2) is 0 Å². The van der Waals surface area contributed by atoms with Gasteiger partial charge in [-0.3, -0.25) is 4.90 Å². The quantitative estimate of drug-likeness (QED) is 0.510. The summed E-state index contributed by atoms with van der Waals surface area (Å²) in [7, 11) is 0. The van der Waals surface area contributed by atoms with Crippen LogP contribution in [0.1, 0.15) is 35.2 Å². The number of rotatable bonds is 5. The van der Waals surface area contributed by atoms with Gasteiger partial charge in [-0.2, -0.15) is 10.5 Å². The second-order valence-corrected chi connectivity index (χ2v) is 9.58. The normalized spacial score (nSPS) is 18.1. The number of hydrogen-bond acceptors (Lipinski definition) is 5. The van der Waals surface area contributed by atoms with Crippen LogP contribution in [0.5, 0.6) is 0 Å². The molecule has 5 nitrogen and oxygen atoms in total. The van der Waals surface area contributed by atoms with Crippen molar-refractivity contribution >= 4 is 28.9 Å². The fourth-order valence-electron chi connectivity index (χ4n) is 4.48. The van der Waals surface area contributed by atoms with Gasteiger partial charge in [0.25, 0.3) is 0 Å². The van der Waals surface area contributed by atoms with Crippen molar-refractivity contribution in [3.63, 3.8) is 0 Å². The molecule has 0 bridgehead atoms. The number of piperazine rings is 1. The van der Waals surface area contributed by atoms with E-state index in [-0.39, 0.29) is 6.04 Å². The number of hydrogen-bond donors (Lipinski definition) is 1. The van der Waals surface area contributed by atoms with Crippen molar-refractivity contribution in [1.29, 1.82) is 10.5 Å². The van der Waals surface area contributed by atoms with Crippen molar-refractivity contribution in [2.75, 3.05) is 31.1 Å². The first-order valence-corrected chi connectivity index (χ1v) is 11.7. The molecule has 0 unspecified atom stereocenters. The average Bonchev–Trinajstić information content (AvgIpc) is 2.84. The number of nitriles is 2. The predicted octanol–water partition coefficient (Wildman–Crippen LogP) is 5.51. The summed E-state index contributed by atoms with van der Waals surface area (Å²) in [6.45, 7) is 4.34. The van der Waals surface area contributed by atoms with E-state index in [1.807, 2.05) is 42.5 Å². The van der Waals surface area contributed by atoms with Gasteiger partial charge in [-0.25, -0.2) is 0 Å². The van der Waals surface area contributed by atoms with Gasteiger partial charge in [0.2, 0.25) is 0 Å². The Morgan fingerprint density at radius 2 is 1.59 bits per heavy atom. The third kappa shape index (κ3) is 5.20. The number of halogens is 2. The lowest BCUT2D eigenvalue weighted by Gasteiger charge is -2.45. The van der Waals surface area contributed by atoms with Gasteiger partial charge in [-0.15, -0.1) is 0 Å². The Morgan fingerprint density at radius 1 is 0.941 bits per heavy atom. The lowest BCUT2D eigenvalue weighted by atomic mass is 9.93. The largest absolute Gasteiger partial charge is 0.384 e. The van der Waals surface area contributed by atoms with Crippen molar-refractivity contribution in [1.82, 2.24) is 4.90 Å². The van der Waals surface area contributed by atoms with E-state index in [2.05, 4.69) is 21.9 Å². The number of β-amino-alcohol motifs (C(OH)–C–C–N with tert-alkyl or cyclic N) is 1. The average molecular weight is 491 g/mol. The fourth-order valence-corrected chi connectivity index (χ4v) is 4.90. The molecule has 1 aliphatic rings. The Balaban J connectivity index is 1.61. The minimum atomic E-state index is -1.08. The van der Waals surface area contributed by atoms with Crippen LogP contribution in [0.2, 0.25) is 10.0 Å². The Hall–Kier alpha value is -3.06.